The van der Waals surface area contributed by atoms with Gasteiger partial charge in [-0.3, -0.25) is 0 Å². The Morgan fingerprint density at radius 2 is 1.67 bits per heavy atom. The average molecular weight is 369 g/mol. The van der Waals surface area contributed by atoms with Crippen molar-refractivity contribution in [3.05, 3.63) is 65.2 Å². The fraction of sp³-hybridized carbons (Fsp3) is 0.333. The molecule has 0 heterocycles. The third-order valence-electron chi connectivity index (χ3n) is 4.15. The second-order valence-electron chi connectivity index (χ2n) is 7.44. The van der Waals surface area contributed by atoms with E-state index in [1.54, 1.807) is 6.07 Å². The molecule has 2 rings (SSSR count). The van der Waals surface area contributed by atoms with E-state index in [1.165, 1.54) is 5.56 Å². The van der Waals surface area contributed by atoms with E-state index in [4.69, 9.17) is 5.11 Å². The van der Waals surface area contributed by atoms with E-state index in [2.05, 4.69) is 48.9 Å². The molecule has 144 valence electrons. The lowest BCUT2D eigenvalue weighted by Gasteiger charge is -2.19. The van der Waals surface area contributed by atoms with Gasteiger partial charge in [0, 0.05) is 18.8 Å². The third-order valence-corrected chi connectivity index (χ3v) is 4.15. The van der Waals surface area contributed by atoms with Gasteiger partial charge in [-0.2, -0.15) is 0 Å². The lowest BCUT2D eigenvalue weighted by atomic mass is 9.87. The van der Waals surface area contributed by atoms with Gasteiger partial charge in [-0.15, -0.1) is 0 Å². The molecule has 27 heavy (non-hydrogen) atoms. The minimum absolute atomic E-state index is 0.105. The smallest absolute Gasteiger partial charge is 0.404 e. The van der Waals surface area contributed by atoms with Gasteiger partial charge in [0.1, 0.15) is 0 Å². The SMILES string of the molecule is CC(C)(C)c1ccc(CNC(=O)Nc2cccc(CCNC(=O)O)c2)cc1. The number of hydrogen-bond donors (Lipinski definition) is 4. The first-order valence-corrected chi connectivity index (χ1v) is 8.94. The van der Waals surface area contributed by atoms with E-state index in [0.29, 0.717) is 25.2 Å². The van der Waals surface area contributed by atoms with Crippen LogP contribution in [0.15, 0.2) is 48.5 Å². The molecule has 3 amide bonds. The van der Waals surface area contributed by atoms with Gasteiger partial charge in [0.25, 0.3) is 0 Å². The summed E-state index contributed by atoms with van der Waals surface area (Å²) < 4.78 is 0. The van der Waals surface area contributed by atoms with Gasteiger partial charge < -0.3 is 21.1 Å². The topological polar surface area (TPSA) is 90.5 Å². The summed E-state index contributed by atoms with van der Waals surface area (Å²) in [7, 11) is 0. The summed E-state index contributed by atoms with van der Waals surface area (Å²) in [5, 5.41) is 16.6. The molecular formula is C21H27N3O3. The van der Waals surface area contributed by atoms with Crippen molar-refractivity contribution in [3.63, 3.8) is 0 Å². The molecule has 2 aromatic rings. The highest BCUT2D eigenvalue weighted by Gasteiger charge is 2.12. The van der Waals surface area contributed by atoms with Crippen LogP contribution in [0.4, 0.5) is 15.3 Å². The van der Waals surface area contributed by atoms with Gasteiger partial charge in [0.15, 0.2) is 0 Å². The Morgan fingerprint density at radius 3 is 2.30 bits per heavy atom. The standard InChI is InChI=1S/C21H27N3O3/c1-21(2,3)17-9-7-16(8-10-17)14-23-19(25)24-18-6-4-5-15(13-18)11-12-22-20(26)27/h4-10,13,22H,11-12,14H2,1-3H3,(H,26,27)(H2,23,24,25). The molecule has 0 saturated carbocycles. The Balaban J connectivity index is 1.84. The molecule has 0 spiro atoms. The van der Waals surface area contributed by atoms with Crippen LogP contribution < -0.4 is 16.0 Å². The minimum Gasteiger partial charge on any atom is -0.465 e. The van der Waals surface area contributed by atoms with Crippen molar-refractivity contribution in [3.8, 4) is 0 Å². The second-order valence-corrected chi connectivity index (χ2v) is 7.44. The van der Waals surface area contributed by atoms with Gasteiger partial charge in [-0.05, 0) is 40.7 Å². The van der Waals surface area contributed by atoms with E-state index in [0.717, 1.165) is 11.1 Å². The van der Waals surface area contributed by atoms with E-state index < -0.39 is 6.09 Å². The lowest BCUT2D eigenvalue weighted by Crippen LogP contribution is -2.28. The average Bonchev–Trinajstić information content (AvgIpc) is 2.59. The molecule has 0 fully saturated rings. The quantitative estimate of drug-likeness (QED) is 0.617. The predicted octanol–water partition coefficient (Wildman–Crippen LogP) is 4.12. The summed E-state index contributed by atoms with van der Waals surface area (Å²) in [4.78, 5) is 22.6. The molecule has 0 saturated heterocycles. The Kier molecular flexibility index (Phi) is 6.82. The van der Waals surface area contributed by atoms with Crippen LogP contribution in [0, 0.1) is 0 Å². The number of anilines is 1. The fourth-order valence-electron chi connectivity index (χ4n) is 2.60. The normalized spacial score (nSPS) is 10.9. The Labute approximate surface area is 160 Å². The first-order valence-electron chi connectivity index (χ1n) is 8.94. The number of benzene rings is 2. The van der Waals surface area contributed by atoms with Crippen molar-refractivity contribution in [2.24, 2.45) is 0 Å². The number of hydrogen-bond acceptors (Lipinski definition) is 2. The maximum atomic E-state index is 12.1. The van der Waals surface area contributed by atoms with Gasteiger partial charge >= 0.3 is 12.1 Å². The molecule has 0 bridgehead atoms. The fourth-order valence-corrected chi connectivity index (χ4v) is 2.60. The number of rotatable bonds is 6. The number of carbonyl (C=O) groups is 2. The molecule has 0 aliphatic heterocycles. The number of carboxylic acid groups (broad SMARTS) is 1. The highest BCUT2D eigenvalue weighted by Crippen LogP contribution is 2.22. The molecule has 2 aromatic carbocycles. The number of amides is 3. The van der Waals surface area contributed by atoms with Crippen molar-refractivity contribution in [2.45, 2.75) is 39.2 Å². The van der Waals surface area contributed by atoms with Gasteiger partial charge in [0.05, 0.1) is 0 Å². The minimum atomic E-state index is -1.04. The van der Waals surface area contributed by atoms with Crippen LogP contribution in [0.3, 0.4) is 0 Å². The predicted molar refractivity (Wildman–Crippen MR) is 107 cm³/mol. The van der Waals surface area contributed by atoms with Crippen LogP contribution in [-0.4, -0.2) is 23.8 Å². The number of nitrogens with one attached hydrogen (secondary N) is 3. The summed E-state index contributed by atoms with van der Waals surface area (Å²) in [6.45, 7) is 7.27. The Morgan fingerprint density at radius 1 is 0.963 bits per heavy atom. The first-order chi connectivity index (χ1) is 12.7. The van der Waals surface area contributed by atoms with E-state index in [1.807, 2.05) is 30.3 Å². The molecule has 0 aromatic heterocycles. The zero-order chi connectivity index (χ0) is 19.9. The van der Waals surface area contributed by atoms with Crippen molar-refractivity contribution in [1.29, 1.82) is 0 Å². The highest BCUT2D eigenvalue weighted by molar-refractivity contribution is 5.89. The Hall–Kier alpha value is -3.02. The number of urea groups is 1. The lowest BCUT2D eigenvalue weighted by molar-refractivity contribution is 0.194. The van der Waals surface area contributed by atoms with E-state index in [9.17, 15) is 9.59 Å². The maximum absolute atomic E-state index is 12.1. The molecule has 0 atom stereocenters. The molecule has 6 nitrogen and oxygen atoms in total. The Bertz CT molecular complexity index is 780. The van der Waals surface area contributed by atoms with Crippen molar-refractivity contribution in [2.75, 3.05) is 11.9 Å². The largest absolute Gasteiger partial charge is 0.465 e. The molecule has 6 heteroatoms. The summed E-state index contributed by atoms with van der Waals surface area (Å²) >= 11 is 0. The van der Waals surface area contributed by atoms with Crippen LogP contribution in [-0.2, 0) is 18.4 Å². The van der Waals surface area contributed by atoms with Crippen LogP contribution in [0.1, 0.15) is 37.5 Å². The van der Waals surface area contributed by atoms with E-state index in [-0.39, 0.29) is 11.4 Å². The summed E-state index contributed by atoms with van der Waals surface area (Å²) in [6, 6.07) is 15.3. The van der Waals surface area contributed by atoms with Gasteiger partial charge in [-0.1, -0.05) is 57.2 Å². The van der Waals surface area contributed by atoms with Crippen molar-refractivity contribution >= 4 is 17.8 Å². The van der Waals surface area contributed by atoms with Crippen LogP contribution in [0.2, 0.25) is 0 Å². The van der Waals surface area contributed by atoms with Gasteiger partial charge in [0.2, 0.25) is 0 Å². The summed E-state index contributed by atoms with van der Waals surface area (Å²) in [5.41, 5.74) is 4.01. The first kappa shape index (κ1) is 20.3. The van der Waals surface area contributed by atoms with Crippen LogP contribution in [0.5, 0.6) is 0 Å². The summed E-state index contributed by atoms with van der Waals surface area (Å²) in [6.07, 6.45) is -0.483. The second kappa shape index (κ2) is 9.07. The van der Waals surface area contributed by atoms with Gasteiger partial charge in [-0.25, -0.2) is 9.59 Å². The van der Waals surface area contributed by atoms with Crippen molar-refractivity contribution < 1.29 is 14.7 Å². The van der Waals surface area contributed by atoms with Crippen molar-refractivity contribution in [1.82, 2.24) is 10.6 Å². The highest BCUT2D eigenvalue weighted by atomic mass is 16.4. The molecular weight excluding hydrogens is 342 g/mol. The molecule has 0 aliphatic carbocycles. The van der Waals surface area contributed by atoms with Crippen LogP contribution >= 0.6 is 0 Å². The summed E-state index contributed by atoms with van der Waals surface area (Å²) in [5.74, 6) is 0. The zero-order valence-corrected chi connectivity index (χ0v) is 16.0. The zero-order valence-electron chi connectivity index (χ0n) is 16.0. The molecule has 0 radical (unpaired) electrons. The number of carbonyl (C=O) groups excluding carboxylic acids is 1. The molecule has 0 unspecified atom stereocenters. The molecule has 4 N–H and O–H groups in total. The van der Waals surface area contributed by atoms with E-state index >= 15 is 0 Å². The monoisotopic (exact) mass is 369 g/mol. The molecule has 0 aliphatic rings. The third kappa shape index (κ3) is 7.01. The maximum Gasteiger partial charge on any atom is 0.404 e. The van der Waals surface area contributed by atoms with Crippen LogP contribution in [0.25, 0.3) is 0 Å².